The number of nitrogens with zero attached hydrogens (tertiary/aromatic N) is 9. The van der Waals surface area contributed by atoms with Gasteiger partial charge in [-0.2, -0.15) is 5.26 Å². The Morgan fingerprint density at radius 2 is 1.69 bits per heavy atom. The summed E-state index contributed by atoms with van der Waals surface area (Å²) in [4.78, 5) is 29.7. The highest BCUT2D eigenvalue weighted by atomic mass is 16.5. The Kier molecular flexibility index (Phi) is 7.79. The minimum atomic E-state index is 0.179. The van der Waals surface area contributed by atoms with Gasteiger partial charge in [-0.15, -0.1) is 0 Å². The van der Waals surface area contributed by atoms with Crippen LogP contribution in [0.25, 0.3) is 39.6 Å². The molecule has 0 bridgehead atoms. The van der Waals surface area contributed by atoms with Crippen molar-refractivity contribution in [3.05, 3.63) is 96.7 Å². The predicted octanol–water partition coefficient (Wildman–Crippen LogP) is 5.41. The van der Waals surface area contributed by atoms with Crippen LogP contribution >= 0.6 is 0 Å². The minimum absolute atomic E-state index is 0.179. The van der Waals surface area contributed by atoms with E-state index in [4.69, 9.17) is 25.7 Å². The molecule has 0 radical (unpaired) electrons. The Bertz CT molecular complexity index is 2110. The number of aromatic nitrogens is 7. The summed E-state index contributed by atoms with van der Waals surface area (Å²) in [5.74, 6) is 2.73. The van der Waals surface area contributed by atoms with E-state index in [0.717, 1.165) is 79.2 Å². The summed E-state index contributed by atoms with van der Waals surface area (Å²) in [6.07, 6.45) is 9.55. The van der Waals surface area contributed by atoms with Gasteiger partial charge >= 0.3 is 0 Å². The Balaban J connectivity index is 1.03. The second-order valence-corrected chi connectivity index (χ2v) is 12.2. The van der Waals surface area contributed by atoms with Crippen molar-refractivity contribution < 1.29 is 4.74 Å². The van der Waals surface area contributed by atoms with Crippen LogP contribution in [0.15, 0.2) is 85.3 Å². The molecule has 0 amide bonds. The van der Waals surface area contributed by atoms with Gasteiger partial charge in [0.05, 0.1) is 29.3 Å². The molecule has 2 aliphatic rings. The number of fused-ring (bicyclic) bond motifs is 1. The number of hydrogen-bond donors (Lipinski definition) is 2. The maximum atomic E-state index is 9.09. The van der Waals surface area contributed by atoms with Crippen molar-refractivity contribution in [3.8, 4) is 40.3 Å². The molecule has 1 aliphatic carbocycles. The van der Waals surface area contributed by atoms with E-state index in [9.17, 15) is 0 Å². The van der Waals surface area contributed by atoms with Crippen LogP contribution in [-0.2, 0) is 6.54 Å². The largest absolute Gasteiger partial charge is 0.489 e. The summed E-state index contributed by atoms with van der Waals surface area (Å²) in [7, 11) is 0. The highest BCUT2D eigenvalue weighted by molar-refractivity contribution is 5.84. The van der Waals surface area contributed by atoms with Crippen molar-refractivity contribution in [2.45, 2.75) is 44.4 Å². The van der Waals surface area contributed by atoms with E-state index >= 15 is 0 Å². The van der Waals surface area contributed by atoms with Crippen molar-refractivity contribution in [2.75, 3.05) is 24.1 Å². The van der Waals surface area contributed by atoms with Crippen LogP contribution < -0.4 is 15.8 Å². The topological polar surface area (TPSA) is 157 Å². The first-order valence-electron chi connectivity index (χ1n) is 16.1. The number of nitrogens with two attached hydrogens (primary N) is 1. The van der Waals surface area contributed by atoms with Gasteiger partial charge in [-0.1, -0.05) is 12.1 Å². The molecular weight excluding hydrogens is 602 g/mol. The molecular formula is C36H33N11O. The quantitative estimate of drug-likeness (QED) is 0.209. The average Bonchev–Trinajstić information content (AvgIpc) is 3.87. The third kappa shape index (κ3) is 6.23. The van der Waals surface area contributed by atoms with Crippen LogP contribution in [0.3, 0.4) is 0 Å². The molecule has 6 aromatic rings. The van der Waals surface area contributed by atoms with E-state index in [1.165, 1.54) is 5.56 Å². The van der Waals surface area contributed by atoms with Crippen molar-refractivity contribution in [1.29, 1.82) is 5.26 Å². The van der Waals surface area contributed by atoms with Gasteiger partial charge < -0.3 is 15.8 Å². The van der Waals surface area contributed by atoms with Gasteiger partial charge in [0.25, 0.3) is 0 Å². The third-order valence-corrected chi connectivity index (χ3v) is 8.71. The fourth-order valence-corrected chi connectivity index (χ4v) is 6.06. The number of piperidine rings is 1. The van der Waals surface area contributed by atoms with Gasteiger partial charge in [0.2, 0.25) is 5.82 Å². The Labute approximate surface area is 277 Å². The van der Waals surface area contributed by atoms with Gasteiger partial charge in [-0.3, -0.25) is 14.5 Å². The number of nitrogen functional groups attached to an aromatic ring is 1. The molecule has 0 atom stereocenters. The van der Waals surface area contributed by atoms with Crippen molar-refractivity contribution in [1.82, 2.24) is 39.4 Å². The second kappa shape index (κ2) is 12.7. The van der Waals surface area contributed by atoms with E-state index in [2.05, 4.69) is 54.4 Å². The molecule has 1 saturated carbocycles. The summed E-state index contributed by atoms with van der Waals surface area (Å²) >= 11 is 0. The lowest BCUT2D eigenvalue weighted by molar-refractivity contribution is 0.211. The van der Waals surface area contributed by atoms with Crippen LogP contribution in [0, 0.1) is 11.3 Å². The number of hydrogen-bond acceptors (Lipinski definition) is 11. The van der Waals surface area contributed by atoms with Crippen molar-refractivity contribution in [2.24, 2.45) is 0 Å². The van der Waals surface area contributed by atoms with E-state index in [0.29, 0.717) is 35.3 Å². The average molecular weight is 636 g/mol. The lowest BCUT2D eigenvalue weighted by Crippen LogP contribution is -2.38. The van der Waals surface area contributed by atoms with Crippen LogP contribution in [-0.4, -0.2) is 64.6 Å². The predicted molar refractivity (Wildman–Crippen MR) is 182 cm³/mol. The third-order valence-electron chi connectivity index (χ3n) is 8.71. The summed E-state index contributed by atoms with van der Waals surface area (Å²) in [6.45, 7) is 2.77. The summed E-state index contributed by atoms with van der Waals surface area (Å²) < 4.78 is 7.93. The standard InChI is InChI=1S/C36H33N11O/c37-20-33-39-17-13-32(45-33)42-24-14-18-46(19-15-24)22-23-3-5-25(6-4-23)47-35(28-2-1-16-40-34(28)38)44-31-12-11-30(43-36(31)47)29-10-9-27(21-41-29)48-26-7-8-26/h1-6,9-13,16-17,21,24,26H,7-8,14-15,18-19,22H2,(H2,38,40)(H,39,42,45). The second-order valence-electron chi connectivity index (χ2n) is 12.2. The zero-order chi connectivity index (χ0) is 32.5. The molecule has 3 N–H and O–H groups in total. The number of ether oxygens (including phenoxy) is 1. The van der Waals surface area contributed by atoms with Gasteiger partial charge in [-0.05, 0) is 85.8 Å². The summed E-state index contributed by atoms with van der Waals surface area (Å²) in [5.41, 5.74) is 12.2. The van der Waals surface area contributed by atoms with Crippen molar-refractivity contribution >= 4 is 22.8 Å². The number of likely N-dealkylation sites (tertiary alicyclic amines) is 1. The number of pyridine rings is 3. The van der Waals surface area contributed by atoms with Crippen LogP contribution in [0.5, 0.6) is 5.75 Å². The maximum Gasteiger partial charge on any atom is 0.234 e. The normalized spacial score (nSPS) is 15.3. The van der Waals surface area contributed by atoms with Gasteiger partial charge in [0.15, 0.2) is 11.5 Å². The molecule has 8 rings (SSSR count). The highest BCUT2D eigenvalue weighted by Gasteiger charge is 2.24. The SMILES string of the molecule is N#Cc1nccc(NC2CCN(Cc3ccc(-n4c(-c5cccnc5N)nc5ccc(-c6ccc(OC7CC7)cn6)nc54)cc3)CC2)n1. The van der Waals surface area contributed by atoms with Gasteiger partial charge in [0, 0.05) is 43.8 Å². The van der Waals surface area contributed by atoms with Crippen LogP contribution in [0.4, 0.5) is 11.6 Å². The first kappa shape index (κ1) is 29.5. The minimum Gasteiger partial charge on any atom is -0.489 e. The lowest BCUT2D eigenvalue weighted by atomic mass is 10.0. The Hall–Kier alpha value is -5.93. The van der Waals surface area contributed by atoms with E-state index in [-0.39, 0.29) is 5.82 Å². The number of nitrogens with one attached hydrogen (secondary N) is 1. The van der Waals surface area contributed by atoms with Gasteiger partial charge in [0.1, 0.15) is 29.0 Å². The van der Waals surface area contributed by atoms with Crippen LogP contribution in [0.2, 0.25) is 0 Å². The van der Waals surface area contributed by atoms with E-state index < -0.39 is 0 Å². The highest BCUT2D eigenvalue weighted by Crippen LogP contribution is 2.32. The first-order valence-corrected chi connectivity index (χ1v) is 16.1. The molecule has 0 spiro atoms. The summed E-state index contributed by atoms with van der Waals surface area (Å²) in [5, 5.41) is 12.5. The molecule has 238 valence electrons. The Morgan fingerprint density at radius 1 is 0.854 bits per heavy atom. The molecule has 6 heterocycles. The molecule has 12 heteroatoms. The zero-order valence-electron chi connectivity index (χ0n) is 26.2. The number of nitriles is 1. The van der Waals surface area contributed by atoms with Crippen LogP contribution in [0.1, 0.15) is 37.1 Å². The number of imidazole rings is 1. The Morgan fingerprint density at radius 3 is 2.44 bits per heavy atom. The molecule has 1 aliphatic heterocycles. The smallest absolute Gasteiger partial charge is 0.234 e. The summed E-state index contributed by atoms with van der Waals surface area (Å²) in [6, 6.07) is 24.3. The van der Waals surface area contributed by atoms with Crippen molar-refractivity contribution in [3.63, 3.8) is 0 Å². The monoisotopic (exact) mass is 635 g/mol. The maximum absolute atomic E-state index is 9.09. The number of benzene rings is 1. The lowest BCUT2D eigenvalue weighted by Gasteiger charge is -2.32. The fraction of sp³-hybridized carbons (Fsp3) is 0.250. The fourth-order valence-electron chi connectivity index (χ4n) is 6.06. The van der Waals surface area contributed by atoms with E-state index in [1.807, 2.05) is 53.1 Å². The molecule has 1 saturated heterocycles. The molecule has 12 nitrogen and oxygen atoms in total. The molecule has 48 heavy (non-hydrogen) atoms. The first-order chi connectivity index (χ1) is 23.6. The zero-order valence-corrected chi connectivity index (χ0v) is 26.2. The number of anilines is 2. The molecule has 2 fully saturated rings. The van der Waals surface area contributed by atoms with Gasteiger partial charge in [-0.25, -0.2) is 24.9 Å². The molecule has 0 unspecified atom stereocenters. The van der Waals surface area contributed by atoms with E-state index in [1.54, 1.807) is 18.6 Å². The number of rotatable bonds is 9. The molecule has 1 aromatic carbocycles. The molecule has 5 aromatic heterocycles.